The summed E-state index contributed by atoms with van der Waals surface area (Å²) in [5, 5.41) is 0. The number of piperazine rings is 1. The lowest BCUT2D eigenvalue weighted by Crippen LogP contribution is -2.50. The molecule has 0 aromatic heterocycles. The van der Waals surface area contributed by atoms with E-state index >= 15 is 0 Å². The molecule has 1 aliphatic rings. The molecule has 1 aromatic rings. The summed E-state index contributed by atoms with van der Waals surface area (Å²) in [6.07, 6.45) is 0. The normalized spacial score (nSPS) is 16.3. The van der Waals surface area contributed by atoms with Crippen molar-refractivity contribution in [3.05, 3.63) is 28.8 Å². The highest BCUT2D eigenvalue weighted by molar-refractivity contribution is 5.83. The first kappa shape index (κ1) is 12.9. The molecule has 0 saturated carbocycles. The molecule has 1 saturated heterocycles. The van der Waals surface area contributed by atoms with E-state index < -0.39 is 0 Å². The van der Waals surface area contributed by atoms with Crippen molar-refractivity contribution in [2.75, 3.05) is 31.1 Å². The van der Waals surface area contributed by atoms with E-state index in [0.29, 0.717) is 6.54 Å². The van der Waals surface area contributed by atoms with E-state index in [1.165, 1.54) is 22.4 Å². The Morgan fingerprint density at radius 3 is 2.22 bits per heavy atom. The van der Waals surface area contributed by atoms with Crippen LogP contribution in [0.15, 0.2) is 12.1 Å². The van der Waals surface area contributed by atoms with Crippen LogP contribution in [0, 0.1) is 20.8 Å². The van der Waals surface area contributed by atoms with Gasteiger partial charge in [-0.15, -0.1) is 0 Å². The summed E-state index contributed by atoms with van der Waals surface area (Å²) >= 11 is 0. The standard InChI is InChI=1S/C15H22N2O/c1-5-16-6-7-17(10-14(16)18)15-12(3)8-11(2)9-13(15)4/h8-9H,5-7,10H2,1-4H3. The maximum atomic E-state index is 12.0. The fourth-order valence-electron chi connectivity index (χ4n) is 2.90. The summed E-state index contributed by atoms with van der Waals surface area (Å²) in [5.74, 6) is 0.239. The third kappa shape index (κ3) is 2.35. The summed E-state index contributed by atoms with van der Waals surface area (Å²) < 4.78 is 0. The quantitative estimate of drug-likeness (QED) is 0.799. The Morgan fingerprint density at radius 2 is 1.72 bits per heavy atom. The molecular weight excluding hydrogens is 224 g/mol. The van der Waals surface area contributed by atoms with Crippen molar-refractivity contribution in [2.24, 2.45) is 0 Å². The molecule has 2 rings (SSSR count). The topological polar surface area (TPSA) is 23.6 Å². The third-order valence-electron chi connectivity index (χ3n) is 3.65. The van der Waals surface area contributed by atoms with Crippen LogP contribution in [-0.2, 0) is 4.79 Å². The van der Waals surface area contributed by atoms with Gasteiger partial charge in [-0.2, -0.15) is 0 Å². The summed E-state index contributed by atoms with van der Waals surface area (Å²) in [4.78, 5) is 16.1. The maximum absolute atomic E-state index is 12.0. The molecule has 0 aliphatic carbocycles. The number of benzene rings is 1. The van der Waals surface area contributed by atoms with Gasteiger partial charge in [0.05, 0.1) is 6.54 Å². The van der Waals surface area contributed by atoms with Gasteiger partial charge < -0.3 is 9.80 Å². The van der Waals surface area contributed by atoms with Gasteiger partial charge >= 0.3 is 0 Å². The van der Waals surface area contributed by atoms with E-state index in [1.807, 2.05) is 11.8 Å². The number of hydrogen-bond acceptors (Lipinski definition) is 2. The number of likely N-dealkylation sites (N-methyl/N-ethyl adjacent to an activating group) is 1. The van der Waals surface area contributed by atoms with Gasteiger partial charge in [-0.25, -0.2) is 0 Å². The number of carbonyl (C=O) groups is 1. The van der Waals surface area contributed by atoms with Crippen molar-refractivity contribution in [3.63, 3.8) is 0 Å². The van der Waals surface area contributed by atoms with E-state index in [1.54, 1.807) is 0 Å². The molecule has 0 unspecified atom stereocenters. The number of nitrogens with zero attached hydrogens (tertiary/aromatic N) is 2. The molecule has 0 N–H and O–H groups in total. The van der Waals surface area contributed by atoms with Crippen LogP contribution in [-0.4, -0.2) is 37.0 Å². The van der Waals surface area contributed by atoms with Crippen LogP contribution in [0.5, 0.6) is 0 Å². The van der Waals surface area contributed by atoms with Gasteiger partial charge in [0.15, 0.2) is 0 Å². The molecule has 98 valence electrons. The van der Waals surface area contributed by atoms with Crippen molar-refractivity contribution in [3.8, 4) is 0 Å². The highest BCUT2D eigenvalue weighted by Gasteiger charge is 2.24. The van der Waals surface area contributed by atoms with Gasteiger partial charge in [0.2, 0.25) is 5.91 Å². The fraction of sp³-hybridized carbons (Fsp3) is 0.533. The number of carbonyl (C=O) groups excluding carboxylic acids is 1. The number of anilines is 1. The molecule has 1 aliphatic heterocycles. The Kier molecular flexibility index (Phi) is 3.60. The second-order valence-corrected chi connectivity index (χ2v) is 5.14. The fourth-order valence-corrected chi connectivity index (χ4v) is 2.90. The average molecular weight is 246 g/mol. The molecule has 1 amide bonds. The van der Waals surface area contributed by atoms with Gasteiger partial charge in [-0.3, -0.25) is 4.79 Å². The molecule has 0 radical (unpaired) electrons. The molecular formula is C15H22N2O. The van der Waals surface area contributed by atoms with Gasteiger partial charge in [0.25, 0.3) is 0 Å². The summed E-state index contributed by atoms with van der Waals surface area (Å²) in [7, 11) is 0. The third-order valence-corrected chi connectivity index (χ3v) is 3.65. The van der Waals surface area contributed by atoms with Gasteiger partial charge in [-0.1, -0.05) is 17.7 Å². The van der Waals surface area contributed by atoms with E-state index in [0.717, 1.165) is 19.6 Å². The average Bonchev–Trinajstić information content (AvgIpc) is 2.27. The van der Waals surface area contributed by atoms with E-state index in [9.17, 15) is 4.79 Å². The van der Waals surface area contributed by atoms with Crippen LogP contribution in [0.1, 0.15) is 23.6 Å². The van der Waals surface area contributed by atoms with Crippen molar-refractivity contribution in [1.29, 1.82) is 0 Å². The maximum Gasteiger partial charge on any atom is 0.242 e. The van der Waals surface area contributed by atoms with E-state index in [-0.39, 0.29) is 5.91 Å². The van der Waals surface area contributed by atoms with Crippen molar-refractivity contribution >= 4 is 11.6 Å². The molecule has 1 fully saturated rings. The van der Waals surface area contributed by atoms with Crippen LogP contribution in [0.4, 0.5) is 5.69 Å². The Bertz CT molecular complexity index is 445. The number of hydrogen-bond donors (Lipinski definition) is 0. The summed E-state index contributed by atoms with van der Waals surface area (Å²) in [6.45, 7) is 11.5. The molecule has 0 spiro atoms. The lowest BCUT2D eigenvalue weighted by Gasteiger charge is -2.36. The zero-order valence-corrected chi connectivity index (χ0v) is 11.8. The number of rotatable bonds is 2. The second-order valence-electron chi connectivity index (χ2n) is 5.14. The predicted molar refractivity (Wildman–Crippen MR) is 75.1 cm³/mol. The van der Waals surface area contributed by atoms with Crippen LogP contribution in [0.25, 0.3) is 0 Å². The number of aryl methyl sites for hydroxylation is 3. The van der Waals surface area contributed by atoms with Gasteiger partial charge in [0, 0.05) is 25.3 Å². The smallest absolute Gasteiger partial charge is 0.242 e. The molecule has 0 bridgehead atoms. The molecule has 1 heterocycles. The predicted octanol–water partition coefficient (Wildman–Crippen LogP) is 2.28. The first-order valence-corrected chi connectivity index (χ1v) is 6.63. The monoisotopic (exact) mass is 246 g/mol. The Morgan fingerprint density at radius 1 is 1.11 bits per heavy atom. The summed E-state index contributed by atoms with van der Waals surface area (Å²) in [5.41, 5.74) is 5.06. The lowest BCUT2D eigenvalue weighted by atomic mass is 10.0. The van der Waals surface area contributed by atoms with Crippen LogP contribution < -0.4 is 4.90 Å². The Hall–Kier alpha value is -1.51. The Balaban J connectivity index is 2.26. The first-order valence-electron chi connectivity index (χ1n) is 6.63. The zero-order chi connectivity index (χ0) is 13.3. The SMILES string of the molecule is CCN1CCN(c2c(C)cc(C)cc2C)CC1=O. The van der Waals surface area contributed by atoms with Crippen molar-refractivity contribution < 1.29 is 4.79 Å². The highest BCUT2D eigenvalue weighted by Crippen LogP contribution is 2.27. The largest absolute Gasteiger partial charge is 0.360 e. The zero-order valence-electron chi connectivity index (χ0n) is 11.8. The molecule has 18 heavy (non-hydrogen) atoms. The van der Waals surface area contributed by atoms with E-state index in [4.69, 9.17) is 0 Å². The molecule has 0 atom stereocenters. The molecule has 3 nitrogen and oxygen atoms in total. The minimum Gasteiger partial charge on any atom is -0.360 e. The minimum atomic E-state index is 0.239. The van der Waals surface area contributed by atoms with Crippen LogP contribution in [0.3, 0.4) is 0 Å². The van der Waals surface area contributed by atoms with Gasteiger partial charge in [0.1, 0.15) is 0 Å². The summed E-state index contributed by atoms with van der Waals surface area (Å²) in [6, 6.07) is 4.39. The highest BCUT2D eigenvalue weighted by atomic mass is 16.2. The lowest BCUT2D eigenvalue weighted by molar-refractivity contribution is -0.130. The van der Waals surface area contributed by atoms with Crippen LogP contribution in [0.2, 0.25) is 0 Å². The van der Waals surface area contributed by atoms with Crippen LogP contribution >= 0.6 is 0 Å². The van der Waals surface area contributed by atoms with Crippen molar-refractivity contribution in [2.45, 2.75) is 27.7 Å². The Labute approximate surface area is 109 Å². The minimum absolute atomic E-state index is 0.239. The molecule has 3 heteroatoms. The first-order chi connectivity index (χ1) is 8.52. The van der Waals surface area contributed by atoms with Gasteiger partial charge in [-0.05, 0) is 38.8 Å². The number of amides is 1. The van der Waals surface area contributed by atoms with E-state index in [2.05, 4.69) is 37.8 Å². The van der Waals surface area contributed by atoms with Crippen molar-refractivity contribution in [1.82, 2.24) is 4.90 Å². The second kappa shape index (κ2) is 5.01. The molecule has 1 aromatic carbocycles.